The van der Waals surface area contributed by atoms with Crippen LogP contribution in [0.25, 0.3) is 0 Å². The number of hydrogen-bond donors (Lipinski definition) is 1. The van der Waals surface area contributed by atoms with E-state index in [4.69, 9.17) is 0 Å². The Kier molecular flexibility index (Phi) is 5.24. The van der Waals surface area contributed by atoms with Crippen molar-refractivity contribution in [1.29, 1.82) is 0 Å². The minimum atomic E-state index is -1.24. The van der Waals surface area contributed by atoms with E-state index in [-0.39, 0.29) is 23.2 Å². The van der Waals surface area contributed by atoms with Crippen molar-refractivity contribution in [1.82, 2.24) is 5.32 Å². The van der Waals surface area contributed by atoms with Crippen LogP contribution in [0.4, 0.5) is 14.9 Å². The third kappa shape index (κ3) is 3.65. The van der Waals surface area contributed by atoms with Crippen LogP contribution in [0, 0.1) is 5.82 Å². The molecule has 2 heterocycles. The summed E-state index contributed by atoms with van der Waals surface area (Å²) < 4.78 is 13.9. The van der Waals surface area contributed by atoms with E-state index in [2.05, 4.69) is 5.32 Å². The molecule has 1 unspecified atom stereocenters. The van der Waals surface area contributed by atoms with Gasteiger partial charge in [-0.05, 0) is 41.3 Å². The molecule has 6 nitrogen and oxygen atoms in total. The Morgan fingerprint density at radius 2 is 1.80 bits per heavy atom. The van der Waals surface area contributed by atoms with Crippen molar-refractivity contribution < 1.29 is 23.6 Å². The lowest BCUT2D eigenvalue weighted by Crippen LogP contribution is -2.46. The van der Waals surface area contributed by atoms with E-state index in [0.29, 0.717) is 4.90 Å². The minimum Gasteiger partial charge on any atom is -0.298 e. The van der Waals surface area contributed by atoms with Crippen LogP contribution >= 0.6 is 11.3 Å². The first kappa shape index (κ1) is 19.7. The first-order valence-corrected chi connectivity index (χ1v) is 9.92. The Morgan fingerprint density at radius 1 is 1.03 bits per heavy atom. The van der Waals surface area contributed by atoms with Crippen molar-refractivity contribution in [2.75, 3.05) is 4.90 Å². The standard InChI is InChI=1S/C22H15FN2O4S/c23-14-8-9-16-17(11-14)25(22(29)24-20(27)13-5-2-1-3-6-13)21(28)19(16)18(26)12-15-7-4-10-30-15/h1-11,19H,12H2,(H,24,27,29). The number of anilines is 1. The van der Waals surface area contributed by atoms with Gasteiger partial charge in [0.05, 0.1) is 5.69 Å². The SMILES string of the molecule is O=C(NC(=O)N1C(=O)C(C(=O)Cc2cccs2)c2ccc(F)cc21)c1ccccc1. The minimum absolute atomic E-state index is 0.0172. The first-order valence-electron chi connectivity index (χ1n) is 9.04. The number of fused-ring (bicyclic) bond motifs is 1. The van der Waals surface area contributed by atoms with Gasteiger partial charge in [-0.15, -0.1) is 11.3 Å². The molecular weight excluding hydrogens is 407 g/mol. The molecule has 0 saturated carbocycles. The monoisotopic (exact) mass is 422 g/mol. The molecule has 0 spiro atoms. The summed E-state index contributed by atoms with van der Waals surface area (Å²) >= 11 is 1.38. The lowest BCUT2D eigenvalue weighted by Gasteiger charge is -2.16. The molecule has 0 radical (unpaired) electrons. The number of benzene rings is 2. The fourth-order valence-corrected chi connectivity index (χ4v) is 4.07. The summed E-state index contributed by atoms with van der Waals surface area (Å²) in [5, 5.41) is 3.95. The zero-order valence-electron chi connectivity index (χ0n) is 15.5. The highest BCUT2D eigenvalue weighted by Gasteiger charge is 2.45. The Hall–Kier alpha value is -3.65. The van der Waals surface area contributed by atoms with E-state index in [1.807, 2.05) is 5.38 Å². The van der Waals surface area contributed by atoms with Crippen LogP contribution in [0.15, 0.2) is 66.0 Å². The number of nitrogens with one attached hydrogen (secondary N) is 1. The van der Waals surface area contributed by atoms with Crippen molar-refractivity contribution >= 4 is 40.7 Å². The predicted octanol–water partition coefficient (Wildman–Crippen LogP) is 3.68. The third-order valence-electron chi connectivity index (χ3n) is 4.72. The van der Waals surface area contributed by atoms with Gasteiger partial charge in [0.25, 0.3) is 5.91 Å². The zero-order chi connectivity index (χ0) is 21.3. The molecule has 4 amide bonds. The molecule has 0 bridgehead atoms. The van der Waals surface area contributed by atoms with Gasteiger partial charge in [-0.3, -0.25) is 19.7 Å². The van der Waals surface area contributed by atoms with E-state index in [1.165, 1.54) is 29.5 Å². The summed E-state index contributed by atoms with van der Waals surface area (Å²) in [5.41, 5.74) is 0.426. The van der Waals surface area contributed by atoms with Crippen molar-refractivity contribution in [3.05, 3.63) is 87.9 Å². The summed E-state index contributed by atoms with van der Waals surface area (Å²) in [4.78, 5) is 52.4. The number of nitrogens with zero attached hydrogens (tertiary/aromatic N) is 1. The van der Waals surface area contributed by atoms with Crippen LogP contribution in [-0.4, -0.2) is 23.6 Å². The highest BCUT2D eigenvalue weighted by molar-refractivity contribution is 7.10. The molecule has 1 atom stereocenters. The number of rotatable bonds is 4. The van der Waals surface area contributed by atoms with Gasteiger partial charge in [-0.2, -0.15) is 0 Å². The number of hydrogen-bond acceptors (Lipinski definition) is 5. The maximum absolute atomic E-state index is 13.9. The van der Waals surface area contributed by atoms with Crippen molar-refractivity contribution in [3.63, 3.8) is 0 Å². The number of carbonyl (C=O) groups is 4. The molecule has 0 fully saturated rings. The van der Waals surface area contributed by atoms with Crippen LogP contribution in [0.2, 0.25) is 0 Å². The van der Waals surface area contributed by atoms with Gasteiger partial charge < -0.3 is 0 Å². The Balaban J connectivity index is 1.63. The maximum atomic E-state index is 13.9. The predicted molar refractivity (Wildman–Crippen MR) is 109 cm³/mol. The van der Waals surface area contributed by atoms with Gasteiger partial charge in [0, 0.05) is 16.9 Å². The molecule has 1 N–H and O–H groups in total. The van der Waals surface area contributed by atoms with Gasteiger partial charge in [0.15, 0.2) is 5.78 Å². The molecule has 30 heavy (non-hydrogen) atoms. The molecule has 1 aliphatic rings. The number of urea groups is 1. The van der Waals surface area contributed by atoms with Gasteiger partial charge >= 0.3 is 6.03 Å². The number of imide groups is 2. The van der Waals surface area contributed by atoms with Gasteiger partial charge in [-0.1, -0.05) is 30.3 Å². The molecule has 1 aliphatic heterocycles. The molecule has 4 rings (SSSR count). The second kappa shape index (κ2) is 8.00. The second-order valence-electron chi connectivity index (χ2n) is 6.66. The third-order valence-corrected chi connectivity index (χ3v) is 5.60. The molecule has 3 aromatic rings. The van der Waals surface area contributed by atoms with Crippen molar-refractivity contribution in [3.8, 4) is 0 Å². The van der Waals surface area contributed by atoms with Crippen LogP contribution in [0.3, 0.4) is 0 Å². The van der Waals surface area contributed by atoms with Crippen LogP contribution < -0.4 is 10.2 Å². The average Bonchev–Trinajstić information content (AvgIpc) is 3.33. The fraction of sp³-hybridized carbons (Fsp3) is 0.0909. The second-order valence-corrected chi connectivity index (χ2v) is 7.69. The van der Waals surface area contributed by atoms with E-state index < -0.39 is 35.4 Å². The van der Waals surface area contributed by atoms with Gasteiger partial charge in [-0.25, -0.2) is 14.1 Å². The molecule has 2 aromatic carbocycles. The van der Waals surface area contributed by atoms with E-state index in [0.717, 1.165) is 17.0 Å². The van der Waals surface area contributed by atoms with E-state index in [1.54, 1.807) is 30.3 Å². The molecule has 150 valence electrons. The summed E-state index contributed by atoms with van der Waals surface area (Å²) in [6, 6.07) is 14.0. The first-order chi connectivity index (χ1) is 14.5. The van der Waals surface area contributed by atoms with Crippen LogP contribution in [-0.2, 0) is 16.0 Å². The Labute approximate surface area is 174 Å². The number of thiophene rings is 1. The summed E-state index contributed by atoms with van der Waals surface area (Å²) in [6.07, 6.45) is 0.0172. The summed E-state index contributed by atoms with van der Waals surface area (Å²) in [6.45, 7) is 0. The highest BCUT2D eigenvalue weighted by atomic mass is 32.1. The van der Waals surface area contributed by atoms with Crippen molar-refractivity contribution in [2.45, 2.75) is 12.3 Å². The lowest BCUT2D eigenvalue weighted by molar-refractivity contribution is -0.127. The molecule has 0 saturated heterocycles. The molecule has 1 aromatic heterocycles. The number of ketones is 1. The fourth-order valence-electron chi connectivity index (χ4n) is 3.36. The zero-order valence-corrected chi connectivity index (χ0v) is 16.3. The van der Waals surface area contributed by atoms with E-state index >= 15 is 0 Å². The molecular formula is C22H15FN2O4S. The molecule has 8 heteroatoms. The quantitative estimate of drug-likeness (QED) is 0.650. The summed E-state index contributed by atoms with van der Waals surface area (Å²) in [7, 11) is 0. The average molecular weight is 422 g/mol. The lowest BCUT2D eigenvalue weighted by atomic mass is 9.94. The number of carbonyl (C=O) groups excluding carboxylic acids is 4. The maximum Gasteiger partial charge on any atom is 0.335 e. The highest BCUT2D eigenvalue weighted by Crippen LogP contribution is 2.39. The number of amides is 4. The topological polar surface area (TPSA) is 83.6 Å². The van der Waals surface area contributed by atoms with Gasteiger partial charge in [0.2, 0.25) is 5.91 Å². The number of halogens is 1. The van der Waals surface area contributed by atoms with E-state index in [9.17, 15) is 23.6 Å². The van der Waals surface area contributed by atoms with Gasteiger partial charge in [0.1, 0.15) is 11.7 Å². The Bertz CT molecular complexity index is 1150. The summed E-state index contributed by atoms with van der Waals surface area (Å²) in [5.74, 6) is -3.82. The van der Waals surface area contributed by atoms with Crippen LogP contribution in [0.1, 0.15) is 26.7 Å². The molecule has 0 aliphatic carbocycles. The normalized spacial score (nSPS) is 15.0. The number of Topliss-reactive ketones (excluding diaryl/α,β-unsaturated/α-hetero) is 1. The van der Waals surface area contributed by atoms with Crippen molar-refractivity contribution in [2.24, 2.45) is 0 Å². The largest absolute Gasteiger partial charge is 0.335 e. The van der Waals surface area contributed by atoms with Crippen LogP contribution in [0.5, 0.6) is 0 Å². The smallest absolute Gasteiger partial charge is 0.298 e. The Morgan fingerprint density at radius 3 is 2.50 bits per heavy atom.